The molecule has 112 valence electrons. The van der Waals surface area contributed by atoms with Crippen LogP contribution in [0.3, 0.4) is 0 Å². The Morgan fingerprint density at radius 3 is 2.20 bits per heavy atom. The van der Waals surface area contributed by atoms with E-state index in [1.165, 1.54) is 33.5 Å². The minimum absolute atomic E-state index is 0.244. The molecule has 1 saturated carbocycles. The van der Waals surface area contributed by atoms with Crippen LogP contribution in [-0.4, -0.2) is 30.5 Å². The molecular formula is C12H19N2O4PS. The molecular weight excluding hydrogens is 299 g/mol. The first-order valence-electron chi connectivity index (χ1n) is 6.57. The Labute approximate surface area is 124 Å². The van der Waals surface area contributed by atoms with E-state index in [0.717, 1.165) is 12.8 Å². The van der Waals surface area contributed by atoms with Gasteiger partial charge in [-0.3, -0.25) is 0 Å². The van der Waals surface area contributed by atoms with Crippen LogP contribution in [0.4, 0.5) is 0 Å². The Hall–Kier alpha value is -0.750. The number of nitrogens with zero attached hydrogens (tertiary/aromatic N) is 2. The molecule has 20 heavy (non-hydrogen) atoms. The highest BCUT2D eigenvalue weighted by molar-refractivity contribution is 8.07. The Morgan fingerprint density at radius 2 is 1.65 bits per heavy atom. The summed E-state index contributed by atoms with van der Waals surface area (Å²) in [5.74, 6) is 0.778. The fraction of sp³-hybridized carbons (Fsp3) is 0.667. The van der Waals surface area contributed by atoms with Crippen LogP contribution in [0.15, 0.2) is 12.1 Å². The van der Waals surface area contributed by atoms with Gasteiger partial charge in [-0.1, -0.05) is 6.42 Å². The molecule has 0 amide bonds. The van der Waals surface area contributed by atoms with Crippen molar-refractivity contribution >= 4 is 18.5 Å². The monoisotopic (exact) mass is 318 g/mol. The van der Waals surface area contributed by atoms with Crippen LogP contribution in [0, 0.1) is 0 Å². The van der Waals surface area contributed by atoms with Gasteiger partial charge in [-0.15, -0.1) is 10.2 Å². The zero-order chi connectivity index (χ0) is 14.4. The third-order valence-corrected chi connectivity index (χ3v) is 5.53. The topological polar surface area (TPSA) is 62.7 Å². The van der Waals surface area contributed by atoms with E-state index < -0.39 is 6.72 Å². The quantitative estimate of drug-likeness (QED) is 0.747. The second-order valence-electron chi connectivity index (χ2n) is 4.49. The average Bonchev–Trinajstić information content (AvgIpc) is 2.50. The van der Waals surface area contributed by atoms with E-state index in [0.29, 0.717) is 5.88 Å². The van der Waals surface area contributed by atoms with Gasteiger partial charge in [0.1, 0.15) is 6.10 Å². The van der Waals surface area contributed by atoms with Crippen molar-refractivity contribution in [2.75, 3.05) is 14.2 Å². The maximum atomic E-state index is 5.78. The van der Waals surface area contributed by atoms with Gasteiger partial charge in [0.25, 0.3) is 0 Å². The van der Waals surface area contributed by atoms with E-state index in [1.807, 2.05) is 0 Å². The number of rotatable bonds is 6. The number of hydrogen-bond acceptors (Lipinski definition) is 7. The predicted molar refractivity (Wildman–Crippen MR) is 78.5 cm³/mol. The Bertz CT molecular complexity index is 457. The summed E-state index contributed by atoms with van der Waals surface area (Å²) in [7, 11) is 2.89. The molecule has 6 nitrogen and oxygen atoms in total. The lowest BCUT2D eigenvalue weighted by atomic mass is 9.98. The van der Waals surface area contributed by atoms with Crippen LogP contribution in [0.5, 0.6) is 11.8 Å². The summed E-state index contributed by atoms with van der Waals surface area (Å²) in [4.78, 5) is 0. The highest BCUT2D eigenvalue weighted by atomic mass is 32.5. The molecule has 1 aromatic heterocycles. The highest BCUT2D eigenvalue weighted by Gasteiger charge is 2.20. The van der Waals surface area contributed by atoms with Gasteiger partial charge in [0.2, 0.25) is 11.8 Å². The zero-order valence-corrected chi connectivity index (χ0v) is 13.4. The van der Waals surface area contributed by atoms with Crippen LogP contribution in [0.25, 0.3) is 0 Å². The van der Waals surface area contributed by atoms with Gasteiger partial charge in [0, 0.05) is 38.2 Å². The minimum atomic E-state index is -2.76. The average molecular weight is 318 g/mol. The number of hydrogen-bond donors (Lipinski definition) is 0. The summed E-state index contributed by atoms with van der Waals surface area (Å²) in [6, 6.07) is 3.38. The van der Waals surface area contributed by atoms with Crippen LogP contribution in [-0.2, 0) is 20.9 Å². The van der Waals surface area contributed by atoms with Crippen molar-refractivity contribution in [1.82, 2.24) is 10.2 Å². The van der Waals surface area contributed by atoms with E-state index in [4.69, 9.17) is 30.1 Å². The van der Waals surface area contributed by atoms with E-state index >= 15 is 0 Å². The van der Waals surface area contributed by atoms with E-state index in [9.17, 15) is 0 Å². The molecule has 0 N–H and O–H groups in total. The molecule has 1 aliphatic carbocycles. The summed E-state index contributed by atoms with van der Waals surface area (Å²) < 4.78 is 21.2. The van der Waals surface area contributed by atoms with Gasteiger partial charge in [-0.05, 0) is 25.7 Å². The molecule has 0 aromatic carbocycles. The van der Waals surface area contributed by atoms with Crippen LogP contribution < -0.4 is 9.26 Å². The van der Waals surface area contributed by atoms with Gasteiger partial charge >= 0.3 is 6.72 Å². The minimum Gasteiger partial charge on any atom is -0.473 e. The van der Waals surface area contributed by atoms with Crippen molar-refractivity contribution in [2.24, 2.45) is 0 Å². The predicted octanol–water partition coefficient (Wildman–Crippen LogP) is 3.08. The van der Waals surface area contributed by atoms with Gasteiger partial charge in [0.15, 0.2) is 0 Å². The third kappa shape index (κ3) is 4.38. The lowest BCUT2D eigenvalue weighted by molar-refractivity contribution is 0.146. The molecule has 1 aliphatic rings. The SMILES string of the molecule is COP(=S)(OC)Oc1ccc(OC2CCCCC2)nn1. The Balaban J connectivity index is 1.93. The molecule has 0 saturated heterocycles. The molecule has 0 radical (unpaired) electrons. The summed E-state index contributed by atoms with van der Waals surface area (Å²) in [6.45, 7) is -2.76. The Kier molecular flexibility index (Phi) is 5.72. The fourth-order valence-electron chi connectivity index (χ4n) is 2.04. The van der Waals surface area contributed by atoms with Crippen LogP contribution in [0.1, 0.15) is 32.1 Å². The van der Waals surface area contributed by atoms with Crippen molar-refractivity contribution in [3.05, 3.63) is 12.1 Å². The molecule has 1 heterocycles. The normalized spacial score (nSPS) is 16.9. The van der Waals surface area contributed by atoms with Crippen molar-refractivity contribution in [3.8, 4) is 11.8 Å². The van der Waals surface area contributed by atoms with Crippen molar-refractivity contribution in [1.29, 1.82) is 0 Å². The summed E-state index contributed by atoms with van der Waals surface area (Å²) >= 11 is 5.10. The summed E-state index contributed by atoms with van der Waals surface area (Å²) in [5.41, 5.74) is 0. The largest absolute Gasteiger partial charge is 0.473 e. The number of ether oxygens (including phenoxy) is 1. The smallest absolute Gasteiger partial charge is 0.381 e. The maximum absolute atomic E-state index is 5.78. The standard InChI is InChI=1S/C12H19N2O4PS/c1-15-19(20,16-2)18-12-9-8-11(13-14-12)17-10-6-4-3-5-7-10/h8-10H,3-7H2,1-2H3. The summed E-state index contributed by atoms with van der Waals surface area (Å²) in [5, 5.41) is 7.92. The van der Waals surface area contributed by atoms with Crippen molar-refractivity contribution in [2.45, 2.75) is 38.2 Å². The van der Waals surface area contributed by atoms with E-state index in [-0.39, 0.29) is 12.0 Å². The molecule has 1 fully saturated rings. The Morgan fingerprint density at radius 1 is 1.05 bits per heavy atom. The van der Waals surface area contributed by atoms with Gasteiger partial charge in [-0.25, -0.2) is 0 Å². The fourth-order valence-corrected chi connectivity index (χ4v) is 2.89. The van der Waals surface area contributed by atoms with Gasteiger partial charge < -0.3 is 18.3 Å². The van der Waals surface area contributed by atoms with Gasteiger partial charge in [-0.2, -0.15) is 0 Å². The first-order chi connectivity index (χ1) is 9.65. The molecule has 8 heteroatoms. The highest BCUT2D eigenvalue weighted by Crippen LogP contribution is 2.47. The summed E-state index contributed by atoms with van der Waals surface area (Å²) in [6.07, 6.45) is 6.11. The maximum Gasteiger partial charge on any atom is 0.381 e. The molecule has 2 rings (SSSR count). The zero-order valence-electron chi connectivity index (χ0n) is 11.7. The molecule has 0 aliphatic heterocycles. The van der Waals surface area contributed by atoms with E-state index in [1.54, 1.807) is 12.1 Å². The van der Waals surface area contributed by atoms with Crippen LogP contribution >= 0.6 is 6.72 Å². The molecule has 0 bridgehead atoms. The van der Waals surface area contributed by atoms with Crippen LogP contribution in [0.2, 0.25) is 0 Å². The second-order valence-corrected chi connectivity index (χ2v) is 7.64. The van der Waals surface area contributed by atoms with Crippen molar-refractivity contribution in [3.63, 3.8) is 0 Å². The van der Waals surface area contributed by atoms with Gasteiger partial charge in [0.05, 0.1) is 0 Å². The van der Waals surface area contributed by atoms with E-state index in [2.05, 4.69) is 10.2 Å². The molecule has 0 atom stereocenters. The molecule has 1 aromatic rings. The molecule has 0 spiro atoms. The lowest BCUT2D eigenvalue weighted by Crippen LogP contribution is -2.20. The van der Waals surface area contributed by atoms with Crippen molar-refractivity contribution < 1.29 is 18.3 Å². The lowest BCUT2D eigenvalue weighted by Gasteiger charge is -2.22. The first kappa shape index (κ1) is 15.6. The molecule has 0 unspecified atom stereocenters. The third-order valence-electron chi connectivity index (χ3n) is 3.11. The number of aromatic nitrogens is 2. The second kappa shape index (κ2) is 7.31. The first-order valence-corrected chi connectivity index (χ1v) is 9.12.